The van der Waals surface area contributed by atoms with Gasteiger partial charge in [0.15, 0.2) is 0 Å². The molecule has 1 aromatic rings. The van der Waals surface area contributed by atoms with Crippen LogP contribution in [0, 0.1) is 6.92 Å². The van der Waals surface area contributed by atoms with Crippen LogP contribution in [0.15, 0.2) is 0 Å². The van der Waals surface area contributed by atoms with Crippen molar-refractivity contribution in [2.75, 3.05) is 23.4 Å². The first-order chi connectivity index (χ1) is 8.75. The number of aromatic nitrogens is 2. The van der Waals surface area contributed by atoms with Crippen molar-refractivity contribution in [2.45, 2.75) is 40.0 Å². The fourth-order valence-corrected chi connectivity index (χ4v) is 2.21. The van der Waals surface area contributed by atoms with Gasteiger partial charge >= 0.3 is 0 Å². The van der Waals surface area contributed by atoms with Gasteiger partial charge in [0.25, 0.3) is 0 Å². The first-order valence-corrected chi connectivity index (χ1v) is 8.25. The molecule has 1 rings (SSSR count). The average molecular weight is 304 g/mol. The molecule has 0 aliphatic heterocycles. The molecule has 1 unspecified atom stereocenters. The molecule has 0 saturated carbocycles. The second kappa shape index (κ2) is 6.66. The number of nitrogens with zero attached hydrogens (tertiary/aromatic N) is 2. The van der Waals surface area contributed by atoms with Crippen molar-refractivity contribution in [3.63, 3.8) is 0 Å². The van der Waals surface area contributed by atoms with Gasteiger partial charge in [0, 0.05) is 39.8 Å². The predicted molar refractivity (Wildman–Crippen MR) is 82.5 cm³/mol. The van der Waals surface area contributed by atoms with E-state index < -0.39 is 10.8 Å². The lowest BCUT2D eigenvalue weighted by Gasteiger charge is -2.19. The molecule has 1 N–H and O–H groups in total. The van der Waals surface area contributed by atoms with Crippen LogP contribution in [0.1, 0.15) is 39.1 Å². The van der Waals surface area contributed by atoms with E-state index >= 15 is 0 Å². The van der Waals surface area contributed by atoms with E-state index in [1.807, 2.05) is 34.6 Å². The van der Waals surface area contributed by atoms with Gasteiger partial charge in [0.05, 0.1) is 0 Å². The van der Waals surface area contributed by atoms with E-state index in [0.717, 1.165) is 11.4 Å². The first-order valence-electron chi connectivity index (χ1n) is 6.39. The molecule has 0 fully saturated rings. The van der Waals surface area contributed by atoms with Crippen molar-refractivity contribution in [3.05, 3.63) is 16.5 Å². The zero-order chi connectivity index (χ0) is 14.6. The maximum Gasteiger partial charge on any atom is 0.137 e. The highest BCUT2D eigenvalue weighted by atomic mass is 35.5. The Balaban J connectivity index is 2.88. The van der Waals surface area contributed by atoms with E-state index in [1.54, 1.807) is 0 Å². The molecule has 0 saturated heterocycles. The summed E-state index contributed by atoms with van der Waals surface area (Å²) in [6.45, 7) is 10.6. The lowest BCUT2D eigenvalue weighted by atomic mass is 9.95. The molecule has 0 bridgehead atoms. The summed E-state index contributed by atoms with van der Waals surface area (Å²) in [5.74, 6) is 2.74. The van der Waals surface area contributed by atoms with Crippen molar-refractivity contribution in [1.82, 2.24) is 9.97 Å². The van der Waals surface area contributed by atoms with Crippen LogP contribution >= 0.6 is 11.6 Å². The number of rotatable bonds is 5. The Morgan fingerprint density at radius 1 is 1.32 bits per heavy atom. The summed E-state index contributed by atoms with van der Waals surface area (Å²) in [5.41, 5.74) is 0.678. The molecule has 0 aromatic carbocycles. The summed E-state index contributed by atoms with van der Waals surface area (Å²) < 4.78 is 11.4. The van der Waals surface area contributed by atoms with Crippen molar-refractivity contribution in [2.24, 2.45) is 0 Å². The van der Waals surface area contributed by atoms with E-state index in [-0.39, 0.29) is 5.41 Å². The van der Waals surface area contributed by atoms with Gasteiger partial charge in [-0.3, -0.25) is 4.21 Å². The fourth-order valence-electron chi connectivity index (χ4n) is 1.42. The zero-order valence-electron chi connectivity index (χ0n) is 12.2. The molecule has 1 atom stereocenters. The zero-order valence-corrected chi connectivity index (χ0v) is 13.8. The topological polar surface area (TPSA) is 54.9 Å². The van der Waals surface area contributed by atoms with Crippen molar-refractivity contribution >= 4 is 28.2 Å². The number of nitrogens with one attached hydrogen (secondary N) is 1. The Morgan fingerprint density at radius 3 is 2.47 bits per heavy atom. The molecule has 0 aliphatic carbocycles. The van der Waals surface area contributed by atoms with E-state index in [1.165, 1.54) is 0 Å². The van der Waals surface area contributed by atoms with Gasteiger partial charge < -0.3 is 5.32 Å². The fraction of sp³-hybridized carbons (Fsp3) is 0.692. The molecule has 19 heavy (non-hydrogen) atoms. The monoisotopic (exact) mass is 303 g/mol. The largest absolute Gasteiger partial charge is 0.369 e. The Hall–Kier alpha value is -0.680. The summed E-state index contributed by atoms with van der Waals surface area (Å²) >= 11 is 6.14. The van der Waals surface area contributed by atoms with Gasteiger partial charge in [-0.05, 0) is 6.92 Å². The molecule has 108 valence electrons. The molecular weight excluding hydrogens is 282 g/mol. The van der Waals surface area contributed by atoms with Crippen LogP contribution < -0.4 is 5.32 Å². The van der Waals surface area contributed by atoms with Crippen molar-refractivity contribution in [1.29, 1.82) is 0 Å². The molecule has 6 heteroatoms. The van der Waals surface area contributed by atoms with Gasteiger partial charge in [-0.25, -0.2) is 9.97 Å². The number of hydrogen-bond donors (Lipinski definition) is 1. The van der Waals surface area contributed by atoms with E-state index in [2.05, 4.69) is 15.3 Å². The molecule has 0 aliphatic rings. The number of halogens is 1. The van der Waals surface area contributed by atoms with Gasteiger partial charge in [-0.1, -0.05) is 39.3 Å². The Labute approximate surface area is 122 Å². The highest BCUT2D eigenvalue weighted by Crippen LogP contribution is 2.25. The van der Waals surface area contributed by atoms with Crippen LogP contribution in [-0.2, 0) is 16.2 Å². The highest BCUT2D eigenvalue weighted by Gasteiger charge is 2.20. The van der Waals surface area contributed by atoms with Crippen molar-refractivity contribution in [3.8, 4) is 0 Å². The summed E-state index contributed by atoms with van der Waals surface area (Å²) in [6, 6.07) is 0. The van der Waals surface area contributed by atoms with Crippen LogP contribution in [0.5, 0.6) is 0 Å². The minimum atomic E-state index is -0.774. The Kier molecular flexibility index (Phi) is 5.74. The quantitative estimate of drug-likeness (QED) is 0.850. The molecule has 1 heterocycles. The molecule has 4 nitrogen and oxygen atoms in total. The minimum absolute atomic E-state index is 0.153. The van der Waals surface area contributed by atoms with Crippen LogP contribution in [-0.4, -0.2) is 32.2 Å². The molecule has 0 spiro atoms. The van der Waals surface area contributed by atoms with Gasteiger partial charge in [0.1, 0.15) is 16.8 Å². The maximum atomic E-state index is 11.4. The molecule has 0 amide bonds. The standard InChI is InChI=1S/C13H22ClN3OS/c1-6-19(18)8-7-15-11-9(2)10(14)16-12(17-11)13(3,4)5/h6-8H2,1-5H3,(H,15,16,17). The lowest BCUT2D eigenvalue weighted by molar-refractivity contribution is 0.545. The number of hydrogen-bond acceptors (Lipinski definition) is 4. The molecule has 0 radical (unpaired) electrons. The van der Waals surface area contributed by atoms with Crippen molar-refractivity contribution < 1.29 is 4.21 Å². The Bertz CT molecular complexity index is 472. The second-order valence-electron chi connectivity index (χ2n) is 5.42. The van der Waals surface area contributed by atoms with Gasteiger partial charge in [-0.2, -0.15) is 0 Å². The van der Waals surface area contributed by atoms with Crippen LogP contribution in [0.4, 0.5) is 5.82 Å². The van der Waals surface area contributed by atoms with E-state index in [4.69, 9.17) is 11.6 Å². The van der Waals surface area contributed by atoms with Crippen LogP contribution in [0.25, 0.3) is 0 Å². The summed E-state index contributed by atoms with van der Waals surface area (Å²) in [4.78, 5) is 8.84. The minimum Gasteiger partial charge on any atom is -0.369 e. The van der Waals surface area contributed by atoms with E-state index in [0.29, 0.717) is 29.0 Å². The summed E-state index contributed by atoms with van der Waals surface area (Å²) in [7, 11) is -0.774. The van der Waals surface area contributed by atoms with Gasteiger partial charge in [-0.15, -0.1) is 0 Å². The smallest absolute Gasteiger partial charge is 0.137 e. The predicted octanol–water partition coefficient (Wildman–Crippen LogP) is 2.92. The number of anilines is 1. The lowest BCUT2D eigenvalue weighted by Crippen LogP contribution is -2.20. The summed E-state index contributed by atoms with van der Waals surface area (Å²) in [5, 5.41) is 3.67. The third-order valence-electron chi connectivity index (χ3n) is 2.70. The van der Waals surface area contributed by atoms with Gasteiger partial charge in [0.2, 0.25) is 0 Å². The average Bonchev–Trinajstić information content (AvgIpc) is 2.32. The summed E-state index contributed by atoms with van der Waals surface area (Å²) in [6.07, 6.45) is 0. The SMILES string of the molecule is CCS(=O)CCNc1nc(C(C)(C)C)nc(Cl)c1C. The Morgan fingerprint density at radius 2 is 1.95 bits per heavy atom. The van der Waals surface area contributed by atoms with Crippen LogP contribution in [0.2, 0.25) is 5.15 Å². The second-order valence-corrected chi connectivity index (χ2v) is 7.64. The molecule has 1 aromatic heterocycles. The van der Waals surface area contributed by atoms with E-state index in [9.17, 15) is 4.21 Å². The third kappa shape index (κ3) is 4.73. The first kappa shape index (κ1) is 16.4. The normalized spacial score (nSPS) is 13.4. The molecular formula is C13H22ClN3OS. The maximum absolute atomic E-state index is 11.4. The third-order valence-corrected chi connectivity index (χ3v) is 4.37. The van der Waals surface area contributed by atoms with Crippen LogP contribution in [0.3, 0.4) is 0 Å². The highest BCUT2D eigenvalue weighted by molar-refractivity contribution is 7.84.